The van der Waals surface area contributed by atoms with Crippen molar-refractivity contribution in [3.05, 3.63) is 33.8 Å². The van der Waals surface area contributed by atoms with Crippen LogP contribution in [0.25, 0.3) is 0 Å². The molecule has 0 saturated heterocycles. The Kier molecular flexibility index (Phi) is 4.82. The van der Waals surface area contributed by atoms with E-state index in [2.05, 4.69) is 0 Å². The zero-order valence-corrected chi connectivity index (χ0v) is 12.4. The van der Waals surface area contributed by atoms with Crippen molar-refractivity contribution in [3.63, 3.8) is 0 Å². The van der Waals surface area contributed by atoms with Gasteiger partial charge in [0, 0.05) is 10.6 Å². The Balaban J connectivity index is 3.16. The molecule has 0 saturated carbocycles. The van der Waals surface area contributed by atoms with Gasteiger partial charge in [-0.15, -0.1) is 0 Å². The highest BCUT2D eigenvalue weighted by atomic mass is 35.5. The molecule has 1 N–H and O–H groups in total. The molecule has 0 atom stereocenters. The summed E-state index contributed by atoms with van der Waals surface area (Å²) in [7, 11) is 0. The Morgan fingerprint density at radius 1 is 1.26 bits per heavy atom. The zero-order chi connectivity index (χ0) is 14.8. The summed E-state index contributed by atoms with van der Waals surface area (Å²) in [5.41, 5.74) is -0.388. The minimum Gasteiger partial charge on any atom is -0.480 e. The summed E-state index contributed by atoms with van der Waals surface area (Å²) in [5.74, 6) is -1.51. The first-order chi connectivity index (χ1) is 8.62. The molecule has 0 unspecified atom stereocenters. The molecule has 0 radical (unpaired) electrons. The normalized spacial score (nSPS) is 11.2. The number of amides is 1. The van der Waals surface area contributed by atoms with Crippen LogP contribution in [-0.2, 0) is 4.79 Å². The van der Waals surface area contributed by atoms with Crippen molar-refractivity contribution in [1.29, 1.82) is 0 Å². The third kappa shape index (κ3) is 4.11. The van der Waals surface area contributed by atoms with E-state index in [1.165, 1.54) is 17.0 Å². The maximum atomic E-state index is 12.4. The van der Waals surface area contributed by atoms with Gasteiger partial charge in [0.25, 0.3) is 5.91 Å². The highest BCUT2D eigenvalue weighted by Gasteiger charge is 2.30. The van der Waals surface area contributed by atoms with Crippen LogP contribution < -0.4 is 0 Å². The zero-order valence-electron chi connectivity index (χ0n) is 10.9. The smallest absolute Gasteiger partial charge is 0.323 e. The van der Waals surface area contributed by atoms with E-state index in [4.69, 9.17) is 28.3 Å². The minimum absolute atomic E-state index is 0.206. The fourth-order valence-corrected chi connectivity index (χ4v) is 2.05. The maximum absolute atomic E-state index is 12.4. The molecule has 1 amide bonds. The number of aliphatic carboxylic acids is 1. The summed E-state index contributed by atoms with van der Waals surface area (Å²) in [6.07, 6.45) is 0. The Bertz CT molecular complexity index is 509. The number of carboxylic acid groups (broad SMARTS) is 1. The lowest BCUT2D eigenvalue weighted by molar-refractivity contribution is -0.138. The minimum atomic E-state index is -1.08. The standard InChI is InChI=1S/C13H15Cl2NO3/c1-13(2,3)16(7-11(17)18)12(19)9-5-4-8(14)6-10(9)15/h4-6H,7H2,1-3H3,(H,17,18). The van der Waals surface area contributed by atoms with Crippen molar-refractivity contribution in [2.45, 2.75) is 26.3 Å². The van der Waals surface area contributed by atoms with E-state index in [-0.39, 0.29) is 17.1 Å². The van der Waals surface area contributed by atoms with Crippen molar-refractivity contribution in [3.8, 4) is 0 Å². The monoisotopic (exact) mass is 303 g/mol. The third-order valence-corrected chi connectivity index (χ3v) is 3.06. The van der Waals surface area contributed by atoms with Crippen LogP contribution in [0.5, 0.6) is 0 Å². The summed E-state index contributed by atoms with van der Waals surface area (Å²) < 4.78 is 0. The van der Waals surface area contributed by atoms with E-state index in [9.17, 15) is 9.59 Å². The second kappa shape index (κ2) is 5.80. The van der Waals surface area contributed by atoms with Crippen molar-refractivity contribution in [1.82, 2.24) is 4.90 Å². The second-order valence-electron chi connectivity index (χ2n) is 5.08. The molecule has 0 bridgehead atoms. The molecule has 0 aromatic heterocycles. The highest BCUT2D eigenvalue weighted by molar-refractivity contribution is 6.36. The molecule has 104 valence electrons. The number of carbonyl (C=O) groups is 2. The third-order valence-electron chi connectivity index (χ3n) is 2.51. The molecule has 0 spiro atoms. The van der Waals surface area contributed by atoms with E-state index >= 15 is 0 Å². The van der Waals surface area contributed by atoms with Crippen LogP contribution in [0.2, 0.25) is 10.0 Å². The number of carbonyl (C=O) groups excluding carboxylic acids is 1. The molecule has 0 heterocycles. The predicted octanol–water partition coefficient (Wildman–Crippen LogP) is 3.32. The van der Waals surface area contributed by atoms with Crippen molar-refractivity contribution in [2.24, 2.45) is 0 Å². The molecule has 6 heteroatoms. The number of benzene rings is 1. The van der Waals surface area contributed by atoms with E-state index in [1.54, 1.807) is 26.8 Å². The van der Waals surface area contributed by atoms with Gasteiger partial charge in [0.15, 0.2) is 0 Å². The molecular weight excluding hydrogens is 289 g/mol. The van der Waals surface area contributed by atoms with Crippen LogP contribution in [0.15, 0.2) is 18.2 Å². The number of halogens is 2. The van der Waals surface area contributed by atoms with E-state index in [0.29, 0.717) is 5.02 Å². The van der Waals surface area contributed by atoms with Crippen molar-refractivity contribution < 1.29 is 14.7 Å². The average molecular weight is 304 g/mol. The van der Waals surface area contributed by atoms with Gasteiger partial charge in [-0.1, -0.05) is 23.2 Å². The SMILES string of the molecule is CC(C)(C)N(CC(=O)O)C(=O)c1ccc(Cl)cc1Cl. The lowest BCUT2D eigenvalue weighted by atomic mass is 10.0. The molecule has 1 aromatic rings. The van der Waals surface area contributed by atoms with Crippen LogP contribution in [-0.4, -0.2) is 34.0 Å². The molecule has 1 aromatic carbocycles. The molecule has 1 rings (SSSR count). The van der Waals surface area contributed by atoms with Crippen LogP contribution in [0.1, 0.15) is 31.1 Å². The van der Waals surface area contributed by atoms with E-state index < -0.39 is 17.4 Å². The van der Waals surface area contributed by atoms with Crippen LogP contribution in [0.3, 0.4) is 0 Å². The number of hydrogen-bond acceptors (Lipinski definition) is 2. The van der Waals surface area contributed by atoms with Crippen molar-refractivity contribution >= 4 is 35.1 Å². The fraction of sp³-hybridized carbons (Fsp3) is 0.385. The number of nitrogens with zero attached hydrogens (tertiary/aromatic N) is 1. The van der Waals surface area contributed by atoms with Gasteiger partial charge in [0.1, 0.15) is 6.54 Å². The van der Waals surface area contributed by atoms with E-state index in [1.807, 2.05) is 0 Å². The summed E-state index contributed by atoms with van der Waals surface area (Å²) in [4.78, 5) is 24.5. The maximum Gasteiger partial charge on any atom is 0.323 e. The summed E-state index contributed by atoms with van der Waals surface area (Å²) in [6, 6.07) is 4.49. The van der Waals surface area contributed by atoms with Crippen LogP contribution in [0, 0.1) is 0 Å². The lowest BCUT2D eigenvalue weighted by Crippen LogP contribution is -2.48. The summed E-state index contributed by atoms with van der Waals surface area (Å²) in [5, 5.41) is 9.53. The first-order valence-corrected chi connectivity index (χ1v) is 6.37. The molecule has 0 aliphatic heterocycles. The van der Waals surface area contributed by atoms with Gasteiger partial charge in [0.2, 0.25) is 0 Å². The van der Waals surface area contributed by atoms with Crippen molar-refractivity contribution in [2.75, 3.05) is 6.54 Å². The first-order valence-electron chi connectivity index (χ1n) is 5.61. The van der Waals surface area contributed by atoms with Gasteiger partial charge in [-0.25, -0.2) is 0 Å². The lowest BCUT2D eigenvalue weighted by Gasteiger charge is -2.34. The van der Waals surface area contributed by atoms with Crippen LogP contribution >= 0.6 is 23.2 Å². The predicted molar refractivity (Wildman–Crippen MR) is 74.9 cm³/mol. The summed E-state index contributed by atoms with van der Waals surface area (Å²) in [6.45, 7) is 4.90. The molecule has 0 aliphatic carbocycles. The van der Waals surface area contributed by atoms with Gasteiger partial charge < -0.3 is 10.0 Å². The molecule has 0 fully saturated rings. The quantitative estimate of drug-likeness (QED) is 0.932. The number of carboxylic acids is 1. The van der Waals surface area contributed by atoms with Gasteiger partial charge in [-0.05, 0) is 39.0 Å². The second-order valence-corrected chi connectivity index (χ2v) is 5.92. The summed E-state index contributed by atoms with van der Waals surface area (Å²) >= 11 is 11.7. The fourth-order valence-electron chi connectivity index (χ4n) is 1.56. The number of rotatable bonds is 3. The van der Waals surface area contributed by atoms with Gasteiger partial charge >= 0.3 is 5.97 Å². The first kappa shape index (κ1) is 15.8. The van der Waals surface area contributed by atoms with E-state index in [0.717, 1.165) is 0 Å². The highest BCUT2D eigenvalue weighted by Crippen LogP contribution is 2.25. The average Bonchev–Trinajstić information content (AvgIpc) is 2.23. The van der Waals surface area contributed by atoms with Gasteiger partial charge in [0.05, 0.1) is 10.6 Å². The molecular formula is C13H15Cl2NO3. The number of hydrogen-bond donors (Lipinski definition) is 1. The Labute approximate surface area is 121 Å². The molecule has 4 nitrogen and oxygen atoms in total. The molecule has 0 aliphatic rings. The largest absolute Gasteiger partial charge is 0.480 e. The Morgan fingerprint density at radius 2 is 1.84 bits per heavy atom. The van der Waals surface area contributed by atoms with Crippen LogP contribution in [0.4, 0.5) is 0 Å². The van der Waals surface area contributed by atoms with Gasteiger partial charge in [-0.3, -0.25) is 9.59 Å². The van der Waals surface area contributed by atoms with Gasteiger partial charge in [-0.2, -0.15) is 0 Å². The Hall–Kier alpha value is -1.26. The molecule has 19 heavy (non-hydrogen) atoms. The topological polar surface area (TPSA) is 57.6 Å². The Morgan fingerprint density at radius 3 is 2.26 bits per heavy atom.